The van der Waals surface area contributed by atoms with E-state index in [1.165, 1.54) is 19.2 Å². The van der Waals surface area contributed by atoms with E-state index in [1.54, 1.807) is 0 Å². The van der Waals surface area contributed by atoms with Crippen molar-refractivity contribution >= 4 is 23.1 Å². The molecule has 0 unspecified atom stereocenters. The van der Waals surface area contributed by atoms with Gasteiger partial charge >= 0.3 is 6.18 Å². The number of hydrogen-bond donors (Lipinski definition) is 2. The molecule has 0 heterocycles. The molecule has 0 aliphatic heterocycles. The first-order chi connectivity index (χ1) is 11.6. The first kappa shape index (κ1) is 18.5. The molecule has 2 N–H and O–H groups in total. The lowest BCUT2D eigenvalue weighted by Crippen LogP contribution is -2.19. The Balaban J connectivity index is 2.38. The van der Waals surface area contributed by atoms with Gasteiger partial charge in [0.15, 0.2) is 0 Å². The van der Waals surface area contributed by atoms with Gasteiger partial charge in [0.25, 0.3) is 5.69 Å². The smallest absolute Gasteiger partial charge is 0.416 e. The lowest BCUT2D eigenvalue weighted by molar-refractivity contribution is -0.385. The summed E-state index contributed by atoms with van der Waals surface area (Å²) in [5.41, 5.74) is -1.27. The highest BCUT2D eigenvalue weighted by molar-refractivity contribution is 6.32. The average molecular weight is 374 g/mol. The molecule has 0 amide bonds. The Hall–Kier alpha value is -2.81. The summed E-state index contributed by atoms with van der Waals surface area (Å²) in [4.78, 5) is 10.4. The van der Waals surface area contributed by atoms with Gasteiger partial charge in [-0.15, -0.1) is 0 Å². The standard InChI is InChI=1S/C15H11ClF3N3O3/c1-21-14(20)10-7-9(3-4-12(10)22(23)24)25-13-5-2-8(6-11(13)16)15(17,18)19/h2-7H,1H3,(H2,20,21). The van der Waals surface area contributed by atoms with Crippen LogP contribution in [0, 0.1) is 15.5 Å². The number of nitro benzene ring substituents is 1. The molecule has 10 heteroatoms. The van der Waals surface area contributed by atoms with Gasteiger partial charge in [-0.2, -0.15) is 13.2 Å². The molecule has 0 atom stereocenters. The summed E-state index contributed by atoms with van der Waals surface area (Å²) in [7, 11) is 1.42. The van der Waals surface area contributed by atoms with E-state index in [4.69, 9.17) is 21.7 Å². The van der Waals surface area contributed by atoms with Crippen LogP contribution in [0.3, 0.4) is 0 Å². The minimum atomic E-state index is -4.54. The zero-order valence-corrected chi connectivity index (χ0v) is 13.4. The third kappa shape index (κ3) is 4.18. The number of alkyl halides is 3. The van der Waals surface area contributed by atoms with Crippen LogP contribution in [0.4, 0.5) is 18.9 Å². The maximum absolute atomic E-state index is 12.6. The van der Waals surface area contributed by atoms with Crippen molar-refractivity contribution in [1.29, 1.82) is 5.41 Å². The van der Waals surface area contributed by atoms with Crippen LogP contribution in [0.25, 0.3) is 0 Å². The van der Waals surface area contributed by atoms with Gasteiger partial charge in [0.2, 0.25) is 0 Å². The lowest BCUT2D eigenvalue weighted by Gasteiger charge is -2.12. The third-order valence-corrected chi connectivity index (χ3v) is 3.47. The molecule has 0 radical (unpaired) electrons. The molecule has 0 fully saturated rings. The largest absolute Gasteiger partial charge is 0.456 e. The van der Waals surface area contributed by atoms with E-state index in [0.29, 0.717) is 0 Å². The molecule has 0 bridgehead atoms. The molecule has 0 saturated heterocycles. The summed E-state index contributed by atoms with van der Waals surface area (Å²) < 4.78 is 43.3. The molecule has 2 aromatic rings. The Morgan fingerprint density at radius 1 is 1.28 bits per heavy atom. The molecule has 6 nitrogen and oxygen atoms in total. The van der Waals surface area contributed by atoms with Crippen molar-refractivity contribution in [3.05, 3.63) is 62.7 Å². The highest BCUT2D eigenvalue weighted by atomic mass is 35.5. The molecular formula is C15H11ClF3N3O3. The van der Waals surface area contributed by atoms with E-state index in [0.717, 1.165) is 24.3 Å². The van der Waals surface area contributed by atoms with E-state index < -0.39 is 16.7 Å². The fraction of sp³-hybridized carbons (Fsp3) is 0.133. The van der Waals surface area contributed by atoms with E-state index in [-0.39, 0.29) is 33.6 Å². The second kappa shape index (κ2) is 6.98. The second-order valence-electron chi connectivity index (χ2n) is 4.81. The Labute approximate surface area is 144 Å². The fourth-order valence-electron chi connectivity index (χ4n) is 1.96. The van der Waals surface area contributed by atoms with Crippen LogP contribution in [-0.4, -0.2) is 17.8 Å². The Bertz CT molecular complexity index is 841. The fourth-order valence-corrected chi connectivity index (χ4v) is 2.18. The van der Waals surface area contributed by atoms with E-state index in [1.807, 2.05) is 0 Å². The molecule has 2 aromatic carbocycles. The van der Waals surface area contributed by atoms with Crippen LogP contribution in [0.15, 0.2) is 36.4 Å². The molecule has 2 rings (SSSR count). The number of rotatable bonds is 4. The van der Waals surface area contributed by atoms with Gasteiger partial charge in [-0.1, -0.05) is 11.6 Å². The van der Waals surface area contributed by atoms with Crippen molar-refractivity contribution in [2.75, 3.05) is 7.05 Å². The zero-order chi connectivity index (χ0) is 18.8. The van der Waals surface area contributed by atoms with Gasteiger partial charge in [0.1, 0.15) is 17.3 Å². The second-order valence-corrected chi connectivity index (χ2v) is 5.21. The lowest BCUT2D eigenvalue weighted by atomic mass is 10.1. The maximum Gasteiger partial charge on any atom is 0.416 e. The van der Waals surface area contributed by atoms with E-state index in [9.17, 15) is 23.3 Å². The van der Waals surface area contributed by atoms with Gasteiger partial charge in [-0.25, -0.2) is 0 Å². The molecule has 25 heavy (non-hydrogen) atoms. The van der Waals surface area contributed by atoms with Crippen molar-refractivity contribution in [2.24, 2.45) is 0 Å². The highest BCUT2D eigenvalue weighted by Crippen LogP contribution is 2.37. The van der Waals surface area contributed by atoms with Crippen molar-refractivity contribution in [3.63, 3.8) is 0 Å². The molecular weight excluding hydrogens is 363 g/mol. The molecule has 132 valence electrons. The van der Waals surface area contributed by atoms with Crippen LogP contribution in [-0.2, 0) is 6.18 Å². The third-order valence-electron chi connectivity index (χ3n) is 3.17. The molecule has 0 aliphatic rings. The van der Waals surface area contributed by atoms with Crippen LogP contribution in [0.1, 0.15) is 11.1 Å². The van der Waals surface area contributed by atoms with Crippen molar-refractivity contribution in [3.8, 4) is 11.5 Å². The molecule has 0 aliphatic carbocycles. The monoisotopic (exact) mass is 373 g/mol. The SMILES string of the molecule is CNC(=N)c1cc(Oc2ccc(C(F)(F)F)cc2Cl)ccc1[N+](=O)[O-]. The van der Waals surface area contributed by atoms with Crippen LogP contribution >= 0.6 is 11.6 Å². The van der Waals surface area contributed by atoms with Gasteiger partial charge < -0.3 is 10.1 Å². The Morgan fingerprint density at radius 2 is 1.96 bits per heavy atom. The number of ether oxygens (including phenoxy) is 1. The topological polar surface area (TPSA) is 88.2 Å². The van der Waals surface area contributed by atoms with Crippen LogP contribution < -0.4 is 10.1 Å². The number of nitrogens with one attached hydrogen (secondary N) is 2. The summed E-state index contributed by atoms with van der Waals surface area (Å²) in [5.74, 6) is -0.177. The zero-order valence-electron chi connectivity index (χ0n) is 12.6. The summed E-state index contributed by atoms with van der Waals surface area (Å²) in [6, 6.07) is 6.20. The number of halogens is 4. The first-order valence-electron chi connectivity index (χ1n) is 6.73. The van der Waals surface area contributed by atoms with Crippen molar-refractivity contribution in [1.82, 2.24) is 5.32 Å². The normalized spacial score (nSPS) is 11.1. The van der Waals surface area contributed by atoms with Crippen LogP contribution in [0.2, 0.25) is 5.02 Å². The maximum atomic E-state index is 12.6. The minimum Gasteiger partial charge on any atom is -0.456 e. The molecule has 0 saturated carbocycles. The first-order valence-corrected chi connectivity index (χ1v) is 7.11. The van der Waals surface area contributed by atoms with Gasteiger partial charge in [-0.05, 0) is 30.3 Å². The van der Waals surface area contributed by atoms with Crippen molar-refractivity contribution in [2.45, 2.75) is 6.18 Å². The van der Waals surface area contributed by atoms with Crippen LogP contribution in [0.5, 0.6) is 11.5 Å². The Kier molecular flexibility index (Phi) is 5.17. The predicted molar refractivity (Wildman–Crippen MR) is 85.5 cm³/mol. The summed E-state index contributed by atoms with van der Waals surface area (Å²) >= 11 is 5.81. The predicted octanol–water partition coefficient (Wildman–Crippen LogP) is 4.60. The number of hydrogen-bond acceptors (Lipinski definition) is 4. The number of amidine groups is 1. The van der Waals surface area contributed by atoms with Gasteiger partial charge in [-0.3, -0.25) is 15.5 Å². The molecule has 0 spiro atoms. The number of nitro groups is 1. The average Bonchev–Trinajstić information content (AvgIpc) is 2.54. The van der Waals surface area contributed by atoms with E-state index in [2.05, 4.69) is 5.32 Å². The Morgan fingerprint density at radius 3 is 2.48 bits per heavy atom. The van der Waals surface area contributed by atoms with Gasteiger partial charge in [0, 0.05) is 13.1 Å². The summed E-state index contributed by atoms with van der Waals surface area (Å²) in [6.07, 6.45) is -4.54. The number of nitrogens with zero attached hydrogens (tertiary/aromatic N) is 1. The summed E-state index contributed by atoms with van der Waals surface area (Å²) in [5, 5.41) is 20.9. The summed E-state index contributed by atoms with van der Waals surface area (Å²) in [6.45, 7) is 0. The molecule has 0 aromatic heterocycles. The van der Waals surface area contributed by atoms with E-state index >= 15 is 0 Å². The number of benzene rings is 2. The highest BCUT2D eigenvalue weighted by Gasteiger charge is 2.31. The van der Waals surface area contributed by atoms with Gasteiger partial charge in [0.05, 0.1) is 21.1 Å². The minimum absolute atomic E-state index is 0.0342. The quantitative estimate of drug-likeness (QED) is 0.354. The van der Waals surface area contributed by atoms with Crippen molar-refractivity contribution < 1.29 is 22.8 Å².